The Kier molecular flexibility index (Phi) is 6.73. The molecular weight excluding hydrogens is 341 g/mol. The van der Waals surface area contributed by atoms with Crippen molar-refractivity contribution in [1.29, 1.82) is 0 Å². The molecule has 3 rings (SSSR count). The Balaban J connectivity index is 0.00000121. The average molecular weight is 355 g/mol. The molecule has 0 aliphatic carbocycles. The number of nitrogens with one attached hydrogen (secondary N) is 1. The molecule has 0 aliphatic rings. The highest BCUT2D eigenvalue weighted by atomic mass is 35.5. The molecule has 0 unspecified atom stereocenters. The van der Waals surface area contributed by atoms with Crippen LogP contribution in [0.3, 0.4) is 0 Å². The van der Waals surface area contributed by atoms with E-state index < -0.39 is 0 Å². The van der Waals surface area contributed by atoms with Crippen molar-refractivity contribution in [3.63, 3.8) is 0 Å². The van der Waals surface area contributed by atoms with Crippen molar-refractivity contribution >= 4 is 47.4 Å². The van der Waals surface area contributed by atoms with Crippen LogP contribution in [0.4, 0.5) is 0 Å². The van der Waals surface area contributed by atoms with Crippen LogP contribution in [-0.2, 0) is 6.54 Å². The first-order chi connectivity index (χ1) is 9.76. The number of benzene rings is 2. The first-order valence-corrected chi connectivity index (χ1v) is 6.59. The van der Waals surface area contributed by atoms with Gasteiger partial charge in [-0.2, -0.15) is 0 Å². The number of H-pyrrole nitrogens is 1. The summed E-state index contributed by atoms with van der Waals surface area (Å²) in [6, 6.07) is 13.3. The highest BCUT2D eigenvalue weighted by molar-refractivity contribution is 6.30. The van der Waals surface area contributed by atoms with E-state index in [1.54, 1.807) is 0 Å². The minimum Gasteiger partial charge on any atom is -0.341 e. The predicted molar refractivity (Wildman–Crippen MR) is 95.9 cm³/mol. The normalized spacial score (nSPS) is 9.36. The number of halogens is 3. The highest BCUT2D eigenvalue weighted by Gasteiger charge is 2.04. The lowest BCUT2D eigenvalue weighted by molar-refractivity contribution is 0.958. The maximum absolute atomic E-state index is 5.85. The molecule has 6 heteroatoms. The Morgan fingerprint density at radius 2 is 1.77 bits per heavy atom. The van der Waals surface area contributed by atoms with E-state index in [2.05, 4.69) is 21.8 Å². The maximum atomic E-state index is 5.85. The van der Waals surface area contributed by atoms with Gasteiger partial charge in [0, 0.05) is 10.6 Å². The summed E-state index contributed by atoms with van der Waals surface area (Å²) in [5.41, 5.74) is 9.21. The fourth-order valence-corrected chi connectivity index (χ4v) is 2.08. The standard InChI is InChI=1S/C16H12ClN3.2ClH/c17-13-8-5-11(6-9-13)4-7-12-2-1-3-14-16(12)20-15(10-18)19-14;;/h1-3,5-6,8-9H,10,18H2,(H,19,20);2*1H. The molecule has 0 aliphatic heterocycles. The van der Waals surface area contributed by atoms with Crippen LogP contribution < -0.4 is 5.73 Å². The zero-order valence-electron chi connectivity index (χ0n) is 11.5. The van der Waals surface area contributed by atoms with Crippen molar-refractivity contribution in [2.75, 3.05) is 0 Å². The van der Waals surface area contributed by atoms with Gasteiger partial charge in [0.05, 0.1) is 17.6 Å². The first-order valence-electron chi connectivity index (χ1n) is 6.21. The van der Waals surface area contributed by atoms with Gasteiger partial charge in [-0.3, -0.25) is 0 Å². The summed E-state index contributed by atoms with van der Waals surface area (Å²) in [5, 5.41) is 0.706. The number of hydrogen-bond acceptors (Lipinski definition) is 2. The molecule has 0 spiro atoms. The predicted octanol–water partition coefficient (Wildman–Crippen LogP) is 3.92. The third kappa shape index (κ3) is 3.94. The second-order valence-corrected chi connectivity index (χ2v) is 4.78. The van der Waals surface area contributed by atoms with Crippen molar-refractivity contribution in [2.45, 2.75) is 6.54 Å². The molecule has 3 nitrogen and oxygen atoms in total. The molecule has 22 heavy (non-hydrogen) atoms. The Hall–Kier alpha value is -1.70. The van der Waals surface area contributed by atoms with E-state index in [1.807, 2.05) is 42.5 Å². The van der Waals surface area contributed by atoms with Gasteiger partial charge in [-0.1, -0.05) is 29.5 Å². The number of aromatic nitrogens is 2. The average Bonchev–Trinajstić information content (AvgIpc) is 2.90. The summed E-state index contributed by atoms with van der Waals surface area (Å²) in [4.78, 5) is 7.62. The van der Waals surface area contributed by atoms with Crippen LogP contribution in [0.1, 0.15) is 17.0 Å². The smallest absolute Gasteiger partial charge is 0.121 e. The first kappa shape index (κ1) is 18.3. The fraction of sp³-hybridized carbons (Fsp3) is 0.0625. The molecule has 1 heterocycles. The van der Waals surface area contributed by atoms with Gasteiger partial charge in [0.2, 0.25) is 0 Å². The van der Waals surface area contributed by atoms with Crippen LogP contribution in [0.2, 0.25) is 5.02 Å². The number of nitrogens with zero attached hydrogens (tertiary/aromatic N) is 1. The second-order valence-electron chi connectivity index (χ2n) is 4.35. The maximum Gasteiger partial charge on any atom is 0.121 e. The molecular formula is C16H14Cl3N3. The van der Waals surface area contributed by atoms with Gasteiger partial charge in [-0.05, 0) is 36.4 Å². The molecule has 0 atom stereocenters. The lowest BCUT2D eigenvalue weighted by Crippen LogP contribution is -1.97. The van der Waals surface area contributed by atoms with Gasteiger partial charge in [0.15, 0.2) is 0 Å². The molecule has 0 fully saturated rings. The second kappa shape index (κ2) is 8.07. The van der Waals surface area contributed by atoms with Crippen molar-refractivity contribution in [3.8, 4) is 11.8 Å². The number of hydrogen-bond donors (Lipinski definition) is 2. The third-order valence-electron chi connectivity index (χ3n) is 2.94. The number of para-hydroxylation sites is 1. The molecule has 0 saturated carbocycles. The van der Waals surface area contributed by atoms with E-state index in [-0.39, 0.29) is 24.8 Å². The number of imidazole rings is 1. The largest absolute Gasteiger partial charge is 0.341 e. The van der Waals surface area contributed by atoms with Crippen LogP contribution in [0, 0.1) is 11.8 Å². The summed E-state index contributed by atoms with van der Waals surface area (Å²) in [7, 11) is 0. The van der Waals surface area contributed by atoms with Crippen LogP contribution in [-0.4, -0.2) is 9.97 Å². The Labute approximate surface area is 146 Å². The minimum absolute atomic E-state index is 0. The molecule has 0 saturated heterocycles. The monoisotopic (exact) mass is 353 g/mol. The highest BCUT2D eigenvalue weighted by Crippen LogP contribution is 2.16. The molecule has 0 bridgehead atoms. The minimum atomic E-state index is 0. The number of fused-ring (bicyclic) bond motifs is 1. The van der Waals surface area contributed by atoms with Gasteiger partial charge in [0.25, 0.3) is 0 Å². The van der Waals surface area contributed by atoms with Crippen LogP contribution in [0.5, 0.6) is 0 Å². The molecule has 3 N–H and O–H groups in total. The van der Waals surface area contributed by atoms with E-state index in [0.29, 0.717) is 11.6 Å². The summed E-state index contributed by atoms with van der Waals surface area (Å²) < 4.78 is 0. The van der Waals surface area contributed by atoms with Gasteiger partial charge in [-0.15, -0.1) is 24.8 Å². The molecule has 3 aromatic rings. The SMILES string of the molecule is Cl.Cl.NCc1nc2c(C#Cc3ccc(Cl)cc3)cccc2[nH]1. The van der Waals surface area contributed by atoms with Crippen molar-refractivity contribution < 1.29 is 0 Å². The van der Waals surface area contributed by atoms with Crippen molar-refractivity contribution in [2.24, 2.45) is 5.73 Å². The quantitative estimate of drug-likeness (QED) is 0.651. The lowest BCUT2D eigenvalue weighted by Gasteiger charge is -1.93. The van der Waals surface area contributed by atoms with E-state index in [4.69, 9.17) is 17.3 Å². The van der Waals surface area contributed by atoms with Crippen LogP contribution in [0.15, 0.2) is 42.5 Å². The third-order valence-corrected chi connectivity index (χ3v) is 3.19. The zero-order valence-corrected chi connectivity index (χ0v) is 13.9. The van der Waals surface area contributed by atoms with E-state index in [9.17, 15) is 0 Å². The van der Waals surface area contributed by atoms with Crippen LogP contribution >= 0.6 is 36.4 Å². The molecule has 114 valence electrons. The number of aromatic amines is 1. The van der Waals surface area contributed by atoms with Crippen molar-refractivity contribution in [1.82, 2.24) is 9.97 Å². The fourth-order valence-electron chi connectivity index (χ4n) is 1.95. The van der Waals surface area contributed by atoms with Gasteiger partial charge >= 0.3 is 0 Å². The summed E-state index contributed by atoms with van der Waals surface area (Å²) >= 11 is 5.85. The Bertz CT molecular complexity index is 814. The van der Waals surface area contributed by atoms with Gasteiger partial charge in [-0.25, -0.2) is 4.98 Å². The van der Waals surface area contributed by atoms with Gasteiger partial charge in [0.1, 0.15) is 11.3 Å². The van der Waals surface area contributed by atoms with Crippen molar-refractivity contribution in [3.05, 3.63) is 64.4 Å². The summed E-state index contributed by atoms with van der Waals surface area (Å²) in [5.74, 6) is 7.02. The molecule has 0 radical (unpaired) electrons. The molecule has 0 amide bonds. The molecule has 1 aromatic heterocycles. The van der Waals surface area contributed by atoms with Crippen LogP contribution in [0.25, 0.3) is 11.0 Å². The lowest BCUT2D eigenvalue weighted by atomic mass is 10.1. The topological polar surface area (TPSA) is 54.7 Å². The Morgan fingerprint density at radius 1 is 1.05 bits per heavy atom. The van der Waals surface area contributed by atoms with E-state index >= 15 is 0 Å². The number of nitrogens with two attached hydrogens (primary N) is 1. The van der Waals surface area contributed by atoms with E-state index in [1.165, 1.54) is 0 Å². The summed E-state index contributed by atoms with van der Waals surface area (Å²) in [6.45, 7) is 0.388. The number of rotatable bonds is 1. The molecule has 2 aromatic carbocycles. The van der Waals surface area contributed by atoms with Gasteiger partial charge < -0.3 is 10.7 Å². The summed E-state index contributed by atoms with van der Waals surface area (Å²) in [6.07, 6.45) is 0. The Morgan fingerprint density at radius 3 is 2.45 bits per heavy atom. The zero-order chi connectivity index (χ0) is 13.9. The van der Waals surface area contributed by atoms with E-state index in [0.717, 1.165) is 28.0 Å².